The molecular formula is C19H17NO4. The summed E-state index contributed by atoms with van der Waals surface area (Å²) >= 11 is 0. The Kier molecular flexibility index (Phi) is 4.33. The lowest BCUT2D eigenvalue weighted by molar-refractivity contribution is 0.112. The van der Waals surface area contributed by atoms with Crippen LogP contribution in [0.15, 0.2) is 42.6 Å². The second-order valence-corrected chi connectivity index (χ2v) is 5.38. The molecule has 122 valence electrons. The molecule has 1 aromatic heterocycles. The van der Waals surface area contributed by atoms with Gasteiger partial charge in [0, 0.05) is 23.6 Å². The first-order chi connectivity index (χ1) is 11.7. The minimum atomic E-state index is 0.0155. The Morgan fingerprint density at radius 2 is 1.96 bits per heavy atom. The van der Waals surface area contributed by atoms with Gasteiger partial charge in [-0.1, -0.05) is 12.1 Å². The van der Waals surface area contributed by atoms with E-state index in [0.29, 0.717) is 23.1 Å². The maximum atomic E-state index is 11.3. The number of benzene rings is 2. The number of nitrogens with zero attached hydrogens (tertiary/aromatic N) is 1. The van der Waals surface area contributed by atoms with E-state index in [1.807, 2.05) is 24.3 Å². The first-order valence-corrected chi connectivity index (χ1v) is 7.43. The molecule has 5 heteroatoms. The summed E-state index contributed by atoms with van der Waals surface area (Å²) in [6.07, 6.45) is 2.85. The third kappa shape index (κ3) is 2.88. The molecule has 24 heavy (non-hydrogen) atoms. The van der Waals surface area contributed by atoms with Crippen molar-refractivity contribution in [2.24, 2.45) is 0 Å². The largest absolute Gasteiger partial charge is 0.504 e. The Morgan fingerprint density at radius 1 is 1.12 bits per heavy atom. The molecule has 0 saturated heterocycles. The molecule has 0 atom stereocenters. The monoisotopic (exact) mass is 323 g/mol. The van der Waals surface area contributed by atoms with Gasteiger partial charge in [-0.3, -0.25) is 9.78 Å². The average Bonchev–Trinajstić information content (AvgIpc) is 2.62. The van der Waals surface area contributed by atoms with Gasteiger partial charge < -0.3 is 14.6 Å². The zero-order chi connectivity index (χ0) is 17.1. The van der Waals surface area contributed by atoms with E-state index >= 15 is 0 Å². The van der Waals surface area contributed by atoms with Crippen LogP contribution in [0, 0.1) is 0 Å². The summed E-state index contributed by atoms with van der Waals surface area (Å²) in [5.41, 5.74) is 2.25. The van der Waals surface area contributed by atoms with Gasteiger partial charge in [-0.25, -0.2) is 0 Å². The number of carbonyl (C=O) groups excluding carboxylic acids is 1. The van der Waals surface area contributed by atoms with Crippen molar-refractivity contribution >= 4 is 17.1 Å². The molecule has 0 bridgehead atoms. The van der Waals surface area contributed by atoms with Crippen LogP contribution in [-0.4, -0.2) is 30.6 Å². The van der Waals surface area contributed by atoms with Crippen molar-refractivity contribution in [1.82, 2.24) is 4.98 Å². The summed E-state index contributed by atoms with van der Waals surface area (Å²) in [6.45, 7) is 0. The maximum Gasteiger partial charge on any atom is 0.161 e. The molecule has 3 aromatic rings. The third-order valence-corrected chi connectivity index (χ3v) is 3.93. The smallest absolute Gasteiger partial charge is 0.161 e. The van der Waals surface area contributed by atoms with Crippen molar-refractivity contribution in [3.8, 4) is 17.2 Å². The fourth-order valence-electron chi connectivity index (χ4n) is 2.71. The Balaban J connectivity index is 2.14. The number of phenolic OH excluding ortho intramolecular Hbond substituents is 1. The van der Waals surface area contributed by atoms with E-state index in [2.05, 4.69) is 4.98 Å². The first-order valence-electron chi connectivity index (χ1n) is 7.43. The predicted octanol–water partition coefficient (Wildman–Crippen LogP) is 3.36. The van der Waals surface area contributed by atoms with Gasteiger partial charge in [-0.05, 0) is 35.2 Å². The number of hydrogen-bond donors (Lipinski definition) is 1. The van der Waals surface area contributed by atoms with Crippen molar-refractivity contribution in [3.63, 3.8) is 0 Å². The Morgan fingerprint density at radius 3 is 2.67 bits per heavy atom. The van der Waals surface area contributed by atoms with Crippen LogP contribution in [0.3, 0.4) is 0 Å². The highest BCUT2D eigenvalue weighted by molar-refractivity contribution is 6.00. The molecular weight excluding hydrogens is 306 g/mol. The van der Waals surface area contributed by atoms with Crippen LogP contribution >= 0.6 is 0 Å². The van der Waals surface area contributed by atoms with Crippen molar-refractivity contribution < 1.29 is 19.4 Å². The molecule has 0 unspecified atom stereocenters. The van der Waals surface area contributed by atoms with Crippen molar-refractivity contribution in [3.05, 3.63) is 59.4 Å². The van der Waals surface area contributed by atoms with Crippen molar-refractivity contribution in [2.75, 3.05) is 14.2 Å². The molecule has 3 rings (SSSR count). The highest BCUT2D eigenvalue weighted by atomic mass is 16.5. The van der Waals surface area contributed by atoms with E-state index in [4.69, 9.17) is 9.47 Å². The van der Waals surface area contributed by atoms with Crippen LogP contribution in [0.25, 0.3) is 10.8 Å². The van der Waals surface area contributed by atoms with Gasteiger partial charge in [0.25, 0.3) is 0 Å². The summed E-state index contributed by atoms with van der Waals surface area (Å²) in [4.78, 5) is 15.7. The van der Waals surface area contributed by atoms with Crippen LogP contribution in [-0.2, 0) is 6.42 Å². The lowest BCUT2D eigenvalue weighted by Crippen LogP contribution is -1.98. The number of ether oxygens (including phenoxy) is 2. The molecule has 0 amide bonds. The molecule has 0 radical (unpaired) electrons. The Bertz CT molecular complexity index is 905. The summed E-state index contributed by atoms with van der Waals surface area (Å²) in [5, 5.41) is 11.5. The molecule has 0 saturated carbocycles. The highest BCUT2D eigenvalue weighted by Gasteiger charge is 2.13. The molecule has 2 aromatic carbocycles. The number of aldehydes is 1. The molecule has 1 N–H and O–H groups in total. The Labute approximate surface area is 139 Å². The third-order valence-electron chi connectivity index (χ3n) is 3.93. The van der Waals surface area contributed by atoms with Crippen LogP contribution in [0.1, 0.15) is 21.6 Å². The molecule has 0 aliphatic carbocycles. The van der Waals surface area contributed by atoms with Gasteiger partial charge in [-0.2, -0.15) is 0 Å². The summed E-state index contributed by atoms with van der Waals surface area (Å²) in [7, 11) is 3.09. The van der Waals surface area contributed by atoms with Crippen LogP contribution in [0.5, 0.6) is 17.2 Å². The molecule has 1 heterocycles. The minimum absolute atomic E-state index is 0.0155. The van der Waals surface area contributed by atoms with Gasteiger partial charge in [0.1, 0.15) is 5.75 Å². The van der Waals surface area contributed by atoms with E-state index in [-0.39, 0.29) is 5.75 Å². The van der Waals surface area contributed by atoms with E-state index in [1.165, 1.54) is 7.11 Å². The lowest BCUT2D eigenvalue weighted by Gasteiger charge is -2.11. The minimum Gasteiger partial charge on any atom is -0.504 e. The second-order valence-electron chi connectivity index (χ2n) is 5.38. The van der Waals surface area contributed by atoms with E-state index in [9.17, 15) is 9.90 Å². The second kappa shape index (κ2) is 6.58. The lowest BCUT2D eigenvalue weighted by atomic mass is 10.0. The predicted molar refractivity (Wildman–Crippen MR) is 91.1 cm³/mol. The molecule has 5 nitrogen and oxygen atoms in total. The van der Waals surface area contributed by atoms with Gasteiger partial charge in [0.15, 0.2) is 17.8 Å². The summed E-state index contributed by atoms with van der Waals surface area (Å²) < 4.78 is 10.4. The molecule has 0 aliphatic heterocycles. The van der Waals surface area contributed by atoms with Gasteiger partial charge in [0.2, 0.25) is 0 Å². The number of fused-ring (bicyclic) bond motifs is 1. The molecule has 0 aliphatic rings. The van der Waals surface area contributed by atoms with Crippen molar-refractivity contribution in [2.45, 2.75) is 6.42 Å². The van der Waals surface area contributed by atoms with Crippen LogP contribution < -0.4 is 9.47 Å². The number of aromatic hydroxyl groups is 1. The maximum absolute atomic E-state index is 11.3. The normalized spacial score (nSPS) is 10.6. The zero-order valence-electron chi connectivity index (χ0n) is 13.4. The number of hydrogen-bond acceptors (Lipinski definition) is 5. The van der Waals surface area contributed by atoms with Gasteiger partial charge in [0.05, 0.1) is 19.9 Å². The molecule has 0 spiro atoms. The fraction of sp³-hybridized carbons (Fsp3) is 0.158. The Hall–Kier alpha value is -3.08. The standard InChI is InChI=1S/C19H17NO4/c1-23-14-5-3-4-12(6-14)7-17-16-8-18(22)19(24-2)9-15(16)13(11-21)10-20-17/h3-6,8-11,22H,7H2,1-2H3. The van der Waals surface area contributed by atoms with E-state index < -0.39 is 0 Å². The highest BCUT2D eigenvalue weighted by Crippen LogP contribution is 2.34. The topological polar surface area (TPSA) is 68.7 Å². The van der Waals surface area contributed by atoms with E-state index in [0.717, 1.165) is 28.7 Å². The van der Waals surface area contributed by atoms with Gasteiger partial charge >= 0.3 is 0 Å². The van der Waals surface area contributed by atoms with Crippen LogP contribution in [0.4, 0.5) is 0 Å². The SMILES string of the molecule is COc1cccc(Cc2ncc(C=O)c3cc(OC)c(O)cc23)c1. The number of pyridine rings is 1. The van der Waals surface area contributed by atoms with Gasteiger partial charge in [-0.15, -0.1) is 0 Å². The quantitative estimate of drug-likeness (QED) is 0.729. The van der Waals surface area contributed by atoms with E-state index in [1.54, 1.807) is 25.4 Å². The number of carbonyl (C=O) groups is 1. The molecule has 0 fully saturated rings. The average molecular weight is 323 g/mol. The summed E-state index contributed by atoms with van der Waals surface area (Å²) in [5.74, 6) is 1.11. The fourth-order valence-corrected chi connectivity index (χ4v) is 2.71. The number of methoxy groups -OCH3 is 2. The van der Waals surface area contributed by atoms with Crippen LogP contribution in [0.2, 0.25) is 0 Å². The number of phenols is 1. The first kappa shape index (κ1) is 15.8. The van der Waals surface area contributed by atoms with Crippen molar-refractivity contribution in [1.29, 1.82) is 0 Å². The zero-order valence-corrected chi connectivity index (χ0v) is 13.4. The summed E-state index contributed by atoms with van der Waals surface area (Å²) in [6, 6.07) is 10.9. The number of aromatic nitrogens is 1. The number of rotatable bonds is 5.